The first kappa shape index (κ1) is 16.7. The molecule has 0 aliphatic rings. The lowest BCUT2D eigenvalue weighted by Crippen LogP contribution is -2.41. The van der Waals surface area contributed by atoms with Gasteiger partial charge in [-0.1, -0.05) is 26.7 Å². The molecule has 0 aliphatic carbocycles. The van der Waals surface area contributed by atoms with Gasteiger partial charge in [-0.3, -0.25) is 4.79 Å². The minimum Gasteiger partial charge on any atom is -0.383 e. The van der Waals surface area contributed by atoms with Gasteiger partial charge in [0.15, 0.2) is 0 Å². The second-order valence-electron chi connectivity index (χ2n) is 4.41. The van der Waals surface area contributed by atoms with Crippen molar-refractivity contribution in [3.8, 4) is 0 Å². The molecule has 1 amide bonds. The molecule has 0 spiro atoms. The third-order valence-corrected chi connectivity index (χ3v) is 3.04. The molecule has 0 aromatic rings. The van der Waals surface area contributed by atoms with Crippen LogP contribution in [0.1, 0.15) is 46.0 Å². The van der Waals surface area contributed by atoms with Gasteiger partial charge in [0.25, 0.3) is 0 Å². The summed E-state index contributed by atoms with van der Waals surface area (Å²) in [5, 5.41) is 3.04. The van der Waals surface area contributed by atoms with Gasteiger partial charge in [0, 0.05) is 18.9 Å². The number of methoxy groups -OCH3 is 1. The quantitative estimate of drug-likeness (QED) is 0.616. The van der Waals surface area contributed by atoms with Gasteiger partial charge in [0.2, 0.25) is 5.91 Å². The van der Waals surface area contributed by atoms with Crippen molar-refractivity contribution in [2.24, 2.45) is 5.92 Å². The number of ether oxygens (including phenoxy) is 1. The minimum atomic E-state index is 0.0428. The molecule has 0 bridgehead atoms. The molecule has 17 heavy (non-hydrogen) atoms. The number of hydrogen-bond donors (Lipinski definition) is 1. The van der Waals surface area contributed by atoms with E-state index in [-0.39, 0.29) is 17.9 Å². The topological polar surface area (TPSA) is 38.3 Å². The van der Waals surface area contributed by atoms with Gasteiger partial charge in [-0.2, -0.15) is 0 Å². The standard InChI is InChI=1S/C13H26ClNO2/c1-4-6-11(7-5-2)13(16)15-12(8-9-14)10-17-3/h11-12H,4-10H2,1-3H3,(H,15,16). The van der Waals surface area contributed by atoms with E-state index in [0.717, 1.165) is 32.1 Å². The summed E-state index contributed by atoms with van der Waals surface area (Å²) in [4.78, 5) is 12.1. The molecule has 4 heteroatoms. The highest BCUT2D eigenvalue weighted by molar-refractivity contribution is 6.17. The van der Waals surface area contributed by atoms with Crippen LogP contribution in [0.5, 0.6) is 0 Å². The number of halogens is 1. The van der Waals surface area contributed by atoms with Crippen LogP contribution in [0.25, 0.3) is 0 Å². The van der Waals surface area contributed by atoms with E-state index in [1.54, 1.807) is 7.11 Å². The highest BCUT2D eigenvalue weighted by atomic mass is 35.5. The Labute approximate surface area is 110 Å². The molecule has 0 saturated carbocycles. The molecule has 1 unspecified atom stereocenters. The fourth-order valence-electron chi connectivity index (χ4n) is 1.95. The maximum atomic E-state index is 12.1. The van der Waals surface area contributed by atoms with Crippen LogP contribution in [-0.4, -0.2) is 31.5 Å². The molecule has 0 heterocycles. The number of carbonyl (C=O) groups is 1. The third-order valence-electron chi connectivity index (χ3n) is 2.82. The molecule has 0 radical (unpaired) electrons. The second-order valence-corrected chi connectivity index (χ2v) is 4.79. The number of nitrogens with one attached hydrogen (secondary N) is 1. The molecule has 0 aromatic carbocycles. The summed E-state index contributed by atoms with van der Waals surface area (Å²) >= 11 is 5.71. The van der Waals surface area contributed by atoms with Gasteiger partial charge >= 0.3 is 0 Å². The number of alkyl halides is 1. The first-order chi connectivity index (χ1) is 8.19. The lowest BCUT2D eigenvalue weighted by atomic mass is 9.97. The normalized spacial score (nSPS) is 12.8. The first-order valence-electron chi connectivity index (χ1n) is 6.54. The smallest absolute Gasteiger partial charge is 0.223 e. The Bertz CT molecular complexity index is 188. The molecule has 1 N–H and O–H groups in total. The zero-order valence-electron chi connectivity index (χ0n) is 11.3. The van der Waals surface area contributed by atoms with Crippen LogP contribution in [0.4, 0.5) is 0 Å². The minimum absolute atomic E-state index is 0.0428. The van der Waals surface area contributed by atoms with Crippen molar-refractivity contribution >= 4 is 17.5 Å². The maximum absolute atomic E-state index is 12.1. The summed E-state index contributed by atoms with van der Waals surface area (Å²) in [6.45, 7) is 4.76. The SMILES string of the molecule is CCCC(CCC)C(=O)NC(CCCl)COC. The second kappa shape index (κ2) is 10.8. The van der Waals surface area contributed by atoms with E-state index >= 15 is 0 Å². The summed E-state index contributed by atoms with van der Waals surface area (Å²) in [5.41, 5.74) is 0. The van der Waals surface area contributed by atoms with Crippen LogP contribution in [0.3, 0.4) is 0 Å². The van der Waals surface area contributed by atoms with Crippen molar-refractivity contribution in [1.29, 1.82) is 0 Å². The molecular weight excluding hydrogens is 238 g/mol. The molecule has 0 saturated heterocycles. The van der Waals surface area contributed by atoms with Gasteiger partial charge in [-0.15, -0.1) is 11.6 Å². The van der Waals surface area contributed by atoms with Crippen LogP contribution in [0, 0.1) is 5.92 Å². The molecule has 1 atom stereocenters. The third kappa shape index (κ3) is 7.61. The van der Waals surface area contributed by atoms with E-state index in [9.17, 15) is 4.79 Å². The van der Waals surface area contributed by atoms with Gasteiger partial charge in [-0.25, -0.2) is 0 Å². The summed E-state index contributed by atoms with van der Waals surface area (Å²) in [7, 11) is 1.64. The van der Waals surface area contributed by atoms with Crippen molar-refractivity contribution in [3.63, 3.8) is 0 Å². The molecule has 0 fully saturated rings. The van der Waals surface area contributed by atoms with Crippen LogP contribution in [0.15, 0.2) is 0 Å². The number of carbonyl (C=O) groups excluding carboxylic acids is 1. The lowest BCUT2D eigenvalue weighted by Gasteiger charge is -2.21. The largest absolute Gasteiger partial charge is 0.383 e. The molecular formula is C13H26ClNO2. The lowest BCUT2D eigenvalue weighted by molar-refractivity contribution is -0.126. The average Bonchev–Trinajstić information content (AvgIpc) is 2.29. The molecule has 0 aliphatic heterocycles. The highest BCUT2D eigenvalue weighted by Gasteiger charge is 2.19. The fourth-order valence-corrected chi connectivity index (χ4v) is 2.22. The van der Waals surface area contributed by atoms with Crippen LogP contribution in [-0.2, 0) is 9.53 Å². The molecule has 0 rings (SSSR count). The Kier molecular flexibility index (Phi) is 10.7. The maximum Gasteiger partial charge on any atom is 0.223 e. The summed E-state index contributed by atoms with van der Waals surface area (Å²) in [6, 6.07) is 0.0428. The Morgan fingerprint density at radius 2 is 1.82 bits per heavy atom. The van der Waals surface area contributed by atoms with Crippen molar-refractivity contribution < 1.29 is 9.53 Å². The van der Waals surface area contributed by atoms with Crippen molar-refractivity contribution in [2.45, 2.75) is 52.0 Å². The van der Waals surface area contributed by atoms with E-state index in [1.165, 1.54) is 0 Å². The molecule has 3 nitrogen and oxygen atoms in total. The van der Waals surface area contributed by atoms with E-state index in [0.29, 0.717) is 12.5 Å². The highest BCUT2D eigenvalue weighted by Crippen LogP contribution is 2.14. The van der Waals surface area contributed by atoms with E-state index < -0.39 is 0 Å². The van der Waals surface area contributed by atoms with Crippen molar-refractivity contribution in [3.05, 3.63) is 0 Å². The van der Waals surface area contributed by atoms with Crippen LogP contribution in [0.2, 0.25) is 0 Å². The van der Waals surface area contributed by atoms with E-state index in [2.05, 4.69) is 19.2 Å². The monoisotopic (exact) mass is 263 g/mol. The zero-order chi connectivity index (χ0) is 13.1. The molecule has 102 valence electrons. The van der Waals surface area contributed by atoms with Gasteiger partial charge in [0.05, 0.1) is 12.6 Å². The summed E-state index contributed by atoms with van der Waals surface area (Å²) in [6.07, 6.45) is 4.76. The van der Waals surface area contributed by atoms with Crippen molar-refractivity contribution in [1.82, 2.24) is 5.32 Å². The van der Waals surface area contributed by atoms with Gasteiger partial charge < -0.3 is 10.1 Å². The predicted molar refractivity (Wildman–Crippen MR) is 72.4 cm³/mol. The number of rotatable bonds is 10. The predicted octanol–water partition coefficient (Wildman–Crippen LogP) is 2.96. The first-order valence-corrected chi connectivity index (χ1v) is 7.08. The van der Waals surface area contributed by atoms with Crippen molar-refractivity contribution in [2.75, 3.05) is 19.6 Å². The van der Waals surface area contributed by atoms with Gasteiger partial charge in [-0.05, 0) is 19.3 Å². The number of amides is 1. The van der Waals surface area contributed by atoms with Crippen LogP contribution < -0.4 is 5.32 Å². The average molecular weight is 264 g/mol. The fraction of sp³-hybridized carbons (Fsp3) is 0.923. The Morgan fingerprint density at radius 3 is 2.24 bits per heavy atom. The summed E-state index contributed by atoms with van der Waals surface area (Å²) < 4.78 is 5.08. The Balaban J connectivity index is 4.22. The van der Waals surface area contributed by atoms with E-state index in [1.807, 2.05) is 0 Å². The molecule has 0 aromatic heterocycles. The van der Waals surface area contributed by atoms with E-state index in [4.69, 9.17) is 16.3 Å². The zero-order valence-corrected chi connectivity index (χ0v) is 12.1. The summed E-state index contributed by atoms with van der Waals surface area (Å²) in [5.74, 6) is 0.834. The van der Waals surface area contributed by atoms with Crippen LogP contribution >= 0.6 is 11.6 Å². The number of hydrogen-bond acceptors (Lipinski definition) is 2. The Hall–Kier alpha value is -0.280. The van der Waals surface area contributed by atoms with Gasteiger partial charge in [0.1, 0.15) is 0 Å². The Morgan fingerprint density at radius 1 is 1.24 bits per heavy atom.